The summed E-state index contributed by atoms with van der Waals surface area (Å²) in [7, 11) is -2.84. The first-order chi connectivity index (χ1) is 9.96. The standard InChI is InChI=1S/C15H26N2O3S/c1-13(2)10-16-11-15-14(4-7-20-15)12-17-5-3-8-21(18,19)9-6-17/h4,7,13,16H,3,5-6,8-12H2,1-2H3. The molecule has 0 radical (unpaired) electrons. The van der Waals surface area contributed by atoms with E-state index in [1.54, 1.807) is 6.26 Å². The van der Waals surface area contributed by atoms with E-state index in [1.807, 2.05) is 6.07 Å². The second-order valence-electron chi connectivity index (χ2n) is 6.18. The normalized spacial score (nSPS) is 19.8. The fraction of sp³-hybridized carbons (Fsp3) is 0.733. The van der Waals surface area contributed by atoms with Gasteiger partial charge in [-0.05, 0) is 31.5 Å². The van der Waals surface area contributed by atoms with Crippen molar-refractivity contribution in [3.63, 3.8) is 0 Å². The topological polar surface area (TPSA) is 62.6 Å². The second-order valence-corrected chi connectivity index (χ2v) is 8.48. The molecular weight excluding hydrogens is 288 g/mol. The minimum Gasteiger partial charge on any atom is -0.468 e. The van der Waals surface area contributed by atoms with Crippen LogP contribution in [0.1, 0.15) is 31.6 Å². The second kappa shape index (κ2) is 7.42. The highest BCUT2D eigenvalue weighted by Crippen LogP contribution is 2.15. The third kappa shape index (κ3) is 5.45. The predicted octanol–water partition coefficient (Wildman–Crippen LogP) is 1.65. The van der Waals surface area contributed by atoms with E-state index in [1.165, 1.54) is 0 Å². The van der Waals surface area contributed by atoms with Crippen molar-refractivity contribution in [3.05, 3.63) is 23.7 Å². The van der Waals surface area contributed by atoms with Gasteiger partial charge in [0.1, 0.15) is 5.76 Å². The molecule has 1 aromatic heterocycles. The summed E-state index contributed by atoms with van der Waals surface area (Å²) in [6, 6.07) is 1.99. The maximum Gasteiger partial charge on any atom is 0.151 e. The van der Waals surface area contributed by atoms with Crippen molar-refractivity contribution in [2.24, 2.45) is 5.92 Å². The Kier molecular flexibility index (Phi) is 5.84. The molecule has 0 unspecified atom stereocenters. The van der Waals surface area contributed by atoms with Crippen molar-refractivity contribution in [2.75, 3.05) is 31.1 Å². The first-order valence-electron chi connectivity index (χ1n) is 7.65. The highest BCUT2D eigenvalue weighted by molar-refractivity contribution is 7.91. The Morgan fingerprint density at radius 2 is 2.14 bits per heavy atom. The number of furan rings is 1. The fourth-order valence-electron chi connectivity index (χ4n) is 2.53. The van der Waals surface area contributed by atoms with Crippen LogP contribution < -0.4 is 5.32 Å². The first kappa shape index (κ1) is 16.5. The summed E-state index contributed by atoms with van der Waals surface area (Å²) in [5.74, 6) is 2.16. The van der Waals surface area contributed by atoms with Gasteiger partial charge in [0.05, 0.1) is 24.3 Å². The van der Waals surface area contributed by atoms with Crippen LogP contribution in [-0.4, -0.2) is 44.5 Å². The van der Waals surface area contributed by atoms with Crippen LogP contribution in [0.2, 0.25) is 0 Å². The van der Waals surface area contributed by atoms with Crippen LogP contribution >= 0.6 is 0 Å². The summed E-state index contributed by atoms with van der Waals surface area (Å²) < 4.78 is 28.8. The largest absolute Gasteiger partial charge is 0.468 e. The molecule has 0 atom stereocenters. The zero-order chi connectivity index (χ0) is 15.3. The van der Waals surface area contributed by atoms with E-state index in [0.29, 0.717) is 18.2 Å². The van der Waals surface area contributed by atoms with Crippen LogP contribution in [0.15, 0.2) is 16.7 Å². The molecule has 0 bridgehead atoms. The Labute approximate surface area is 127 Å². The Morgan fingerprint density at radius 1 is 1.33 bits per heavy atom. The molecular formula is C15H26N2O3S. The van der Waals surface area contributed by atoms with Crippen LogP contribution in [0, 0.1) is 5.92 Å². The van der Waals surface area contributed by atoms with E-state index in [0.717, 1.165) is 43.9 Å². The zero-order valence-electron chi connectivity index (χ0n) is 13.0. The molecule has 2 heterocycles. The van der Waals surface area contributed by atoms with Crippen LogP contribution in [0.25, 0.3) is 0 Å². The van der Waals surface area contributed by atoms with E-state index in [2.05, 4.69) is 24.1 Å². The van der Waals surface area contributed by atoms with Gasteiger partial charge in [0, 0.05) is 18.7 Å². The molecule has 1 fully saturated rings. The van der Waals surface area contributed by atoms with Crippen LogP contribution in [0.5, 0.6) is 0 Å². The van der Waals surface area contributed by atoms with Gasteiger partial charge in [-0.3, -0.25) is 4.90 Å². The number of rotatable bonds is 6. The molecule has 120 valence electrons. The number of nitrogens with one attached hydrogen (secondary N) is 1. The molecule has 1 N–H and O–H groups in total. The molecule has 0 aliphatic carbocycles. The lowest BCUT2D eigenvalue weighted by Gasteiger charge is -2.19. The van der Waals surface area contributed by atoms with Gasteiger partial charge in [-0.2, -0.15) is 0 Å². The Bertz CT molecular complexity index is 537. The lowest BCUT2D eigenvalue weighted by molar-refractivity contribution is 0.284. The van der Waals surface area contributed by atoms with Gasteiger partial charge < -0.3 is 9.73 Å². The Balaban J connectivity index is 1.89. The van der Waals surface area contributed by atoms with Crippen molar-refractivity contribution < 1.29 is 12.8 Å². The van der Waals surface area contributed by atoms with Crippen molar-refractivity contribution in [1.82, 2.24) is 10.2 Å². The Hall–Kier alpha value is -0.850. The zero-order valence-corrected chi connectivity index (χ0v) is 13.8. The minimum absolute atomic E-state index is 0.270. The summed E-state index contributed by atoms with van der Waals surface area (Å²) in [5, 5.41) is 3.38. The lowest BCUT2D eigenvalue weighted by atomic mass is 10.2. The van der Waals surface area contributed by atoms with E-state index in [-0.39, 0.29) is 5.75 Å². The monoisotopic (exact) mass is 314 g/mol. The summed E-state index contributed by atoms with van der Waals surface area (Å²) >= 11 is 0. The summed E-state index contributed by atoms with van der Waals surface area (Å²) in [4.78, 5) is 2.21. The number of hydrogen-bond donors (Lipinski definition) is 1. The molecule has 1 saturated heterocycles. The summed E-state index contributed by atoms with van der Waals surface area (Å²) in [6.45, 7) is 8.26. The SMILES string of the molecule is CC(C)CNCc1occc1CN1CCCS(=O)(=O)CC1. The molecule has 1 aromatic rings. The maximum absolute atomic E-state index is 11.6. The van der Waals surface area contributed by atoms with Crippen molar-refractivity contribution in [1.29, 1.82) is 0 Å². The molecule has 1 aliphatic rings. The number of hydrogen-bond acceptors (Lipinski definition) is 5. The third-order valence-corrected chi connectivity index (χ3v) is 5.43. The van der Waals surface area contributed by atoms with Crippen LogP contribution in [-0.2, 0) is 22.9 Å². The molecule has 0 spiro atoms. The van der Waals surface area contributed by atoms with Crippen LogP contribution in [0.3, 0.4) is 0 Å². The van der Waals surface area contributed by atoms with E-state index in [4.69, 9.17) is 4.42 Å². The number of sulfone groups is 1. The van der Waals surface area contributed by atoms with E-state index in [9.17, 15) is 8.42 Å². The summed E-state index contributed by atoms with van der Waals surface area (Å²) in [5.41, 5.74) is 1.16. The van der Waals surface area contributed by atoms with Crippen molar-refractivity contribution >= 4 is 9.84 Å². The highest BCUT2D eigenvalue weighted by atomic mass is 32.2. The first-order valence-corrected chi connectivity index (χ1v) is 9.47. The van der Waals surface area contributed by atoms with Crippen LogP contribution in [0.4, 0.5) is 0 Å². The molecule has 0 amide bonds. The average Bonchev–Trinajstić information content (AvgIpc) is 2.75. The van der Waals surface area contributed by atoms with Gasteiger partial charge in [-0.25, -0.2) is 8.42 Å². The van der Waals surface area contributed by atoms with Gasteiger partial charge in [-0.1, -0.05) is 13.8 Å². The molecule has 2 rings (SSSR count). The number of nitrogens with zero attached hydrogens (tertiary/aromatic N) is 1. The average molecular weight is 314 g/mol. The van der Waals surface area contributed by atoms with Gasteiger partial charge in [0.2, 0.25) is 0 Å². The Morgan fingerprint density at radius 3 is 2.90 bits per heavy atom. The molecule has 21 heavy (non-hydrogen) atoms. The fourth-order valence-corrected chi connectivity index (χ4v) is 3.84. The van der Waals surface area contributed by atoms with Gasteiger partial charge >= 0.3 is 0 Å². The lowest BCUT2D eigenvalue weighted by Crippen LogP contribution is -2.27. The van der Waals surface area contributed by atoms with E-state index >= 15 is 0 Å². The smallest absolute Gasteiger partial charge is 0.151 e. The quantitative estimate of drug-likeness (QED) is 0.865. The minimum atomic E-state index is -2.84. The van der Waals surface area contributed by atoms with Crippen molar-refractivity contribution in [3.8, 4) is 0 Å². The third-order valence-electron chi connectivity index (χ3n) is 3.72. The van der Waals surface area contributed by atoms with Crippen molar-refractivity contribution in [2.45, 2.75) is 33.4 Å². The van der Waals surface area contributed by atoms with E-state index < -0.39 is 9.84 Å². The molecule has 5 nitrogen and oxygen atoms in total. The van der Waals surface area contributed by atoms with Gasteiger partial charge in [0.25, 0.3) is 0 Å². The highest BCUT2D eigenvalue weighted by Gasteiger charge is 2.20. The van der Waals surface area contributed by atoms with Gasteiger partial charge in [-0.15, -0.1) is 0 Å². The molecule has 1 aliphatic heterocycles. The predicted molar refractivity (Wildman–Crippen MR) is 83.8 cm³/mol. The molecule has 6 heteroatoms. The van der Waals surface area contributed by atoms with Gasteiger partial charge in [0.15, 0.2) is 9.84 Å². The summed E-state index contributed by atoms with van der Waals surface area (Å²) in [6.07, 6.45) is 2.44. The maximum atomic E-state index is 11.6. The molecule has 0 saturated carbocycles. The molecule has 0 aromatic carbocycles.